The highest BCUT2D eigenvalue weighted by Crippen LogP contribution is 2.32. The summed E-state index contributed by atoms with van der Waals surface area (Å²) in [6, 6.07) is 5.07. The molecule has 0 aliphatic rings. The van der Waals surface area contributed by atoms with E-state index in [1.165, 1.54) is 93.7 Å². The average molecular weight is 442 g/mol. The number of amides is 1. The standard InChI is InChI=1S/C26H42F3NO/c1-3-5-6-7-8-9-10-11-12-13-14-15-16-19-22-30(4-2)25(31)23-20-17-18-21-24(23)26(27,28)29/h17-18,20-21H,3-16,19,22H2,1-2H3. The first-order chi connectivity index (χ1) is 14.9. The van der Waals surface area contributed by atoms with Gasteiger partial charge in [-0.25, -0.2) is 0 Å². The second-order valence-corrected chi connectivity index (χ2v) is 8.52. The number of hydrogen-bond donors (Lipinski definition) is 0. The fourth-order valence-electron chi connectivity index (χ4n) is 3.99. The van der Waals surface area contributed by atoms with E-state index in [1.807, 2.05) is 6.92 Å². The highest BCUT2D eigenvalue weighted by molar-refractivity contribution is 5.95. The molecule has 0 aromatic heterocycles. The van der Waals surface area contributed by atoms with E-state index < -0.39 is 17.6 Å². The molecule has 1 aromatic carbocycles. The molecular weight excluding hydrogens is 399 g/mol. The zero-order valence-electron chi connectivity index (χ0n) is 19.6. The van der Waals surface area contributed by atoms with Gasteiger partial charge in [0.1, 0.15) is 0 Å². The van der Waals surface area contributed by atoms with Gasteiger partial charge in [0.2, 0.25) is 0 Å². The van der Waals surface area contributed by atoms with E-state index in [-0.39, 0.29) is 5.56 Å². The van der Waals surface area contributed by atoms with Crippen LogP contribution in [0.1, 0.15) is 120 Å². The minimum absolute atomic E-state index is 0.248. The van der Waals surface area contributed by atoms with Gasteiger partial charge < -0.3 is 4.90 Å². The van der Waals surface area contributed by atoms with Crippen molar-refractivity contribution in [1.82, 2.24) is 4.90 Å². The molecule has 0 bridgehead atoms. The molecular formula is C26H42F3NO. The molecule has 1 amide bonds. The zero-order chi connectivity index (χ0) is 23.0. The molecule has 0 atom stereocenters. The van der Waals surface area contributed by atoms with Crippen LogP contribution in [-0.2, 0) is 6.18 Å². The van der Waals surface area contributed by atoms with Gasteiger partial charge in [0.05, 0.1) is 11.1 Å². The van der Waals surface area contributed by atoms with Crippen molar-refractivity contribution >= 4 is 5.91 Å². The van der Waals surface area contributed by atoms with E-state index >= 15 is 0 Å². The molecule has 0 saturated heterocycles. The topological polar surface area (TPSA) is 20.3 Å². The summed E-state index contributed by atoms with van der Waals surface area (Å²) < 4.78 is 39.6. The smallest absolute Gasteiger partial charge is 0.339 e. The molecule has 31 heavy (non-hydrogen) atoms. The van der Waals surface area contributed by atoms with E-state index in [9.17, 15) is 18.0 Å². The Bertz CT molecular complexity index is 601. The Morgan fingerprint density at radius 3 is 1.65 bits per heavy atom. The van der Waals surface area contributed by atoms with Crippen molar-refractivity contribution in [2.75, 3.05) is 13.1 Å². The van der Waals surface area contributed by atoms with Crippen LogP contribution in [0, 0.1) is 0 Å². The van der Waals surface area contributed by atoms with Crippen LogP contribution >= 0.6 is 0 Å². The maximum atomic E-state index is 13.2. The summed E-state index contributed by atoms with van der Waals surface area (Å²) in [5, 5.41) is 0. The Morgan fingerprint density at radius 1 is 0.742 bits per heavy atom. The molecule has 178 valence electrons. The largest absolute Gasteiger partial charge is 0.417 e. The van der Waals surface area contributed by atoms with Gasteiger partial charge in [0.15, 0.2) is 0 Å². The van der Waals surface area contributed by atoms with Crippen molar-refractivity contribution in [1.29, 1.82) is 0 Å². The highest BCUT2D eigenvalue weighted by atomic mass is 19.4. The first-order valence-corrected chi connectivity index (χ1v) is 12.4. The van der Waals surface area contributed by atoms with Crippen LogP contribution in [0.4, 0.5) is 13.2 Å². The van der Waals surface area contributed by atoms with Gasteiger partial charge in [-0.2, -0.15) is 13.2 Å². The molecule has 1 rings (SSSR count). The third-order valence-corrected chi connectivity index (χ3v) is 5.91. The second kappa shape index (κ2) is 16.2. The van der Waals surface area contributed by atoms with E-state index in [0.717, 1.165) is 25.3 Å². The Labute approximate surface area is 187 Å². The minimum atomic E-state index is -4.51. The molecule has 5 heteroatoms. The fraction of sp³-hybridized carbons (Fsp3) is 0.731. The third kappa shape index (κ3) is 11.6. The Morgan fingerprint density at radius 2 is 1.19 bits per heavy atom. The molecule has 0 aliphatic heterocycles. The number of alkyl halides is 3. The van der Waals surface area contributed by atoms with Crippen LogP contribution in [0.5, 0.6) is 0 Å². The predicted octanol–water partition coefficient (Wildman–Crippen LogP) is 8.65. The van der Waals surface area contributed by atoms with Gasteiger partial charge in [0, 0.05) is 13.1 Å². The number of rotatable bonds is 17. The summed E-state index contributed by atoms with van der Waals surface area (Å²) >= 11 is 0. The molecule has 0 aliphatic carbocycles. The van der Waals surface area contributed by atoms with Crippen LogP contribution < -0.4 is 0 Å². The normalized spacial score (nSPS) is 11.6. The number of benzene rings is 1. The predicted molar refractivity (Wildman–Crippen MR) is 123 cm³/mol. The monoisotopic (exact) mass is 441 g/mol. The van der Waals surface area contributed by atoms with Crippen molar-refractivity contribution in [3.8, 4) is 0 Å². The number of hydrogen-bond acceptors (Lipinski definition) is 1. The van der Waals surface area contributed by atoms with E-state index in [4.69, 9.17) is 0 Å². The van der Waals surface area contributed by atoms with Crippen molar-refractivity contribution in [3.63, 3.8) is 0 Å². The Kier molecular flexibility index (Phi) is 14.3. The molecule has 0 unspecified atom stereocenters. The van der Waals surface area contributed by atoms with Gasteiger partial charge in [0.25, 0.3) is 5.91 Å². The fourth-order valence-corrected chi connectivity index (χ4v) is 3.99. The maximum absolute atomic E-state index is 13.2. The Balaban J connectivity index is 2.17. The lowest BCUT2D eigenvalue weighted by atomic mass is 10.0. The second-order valence-electron chi connectivity index (χ2n) is 8.52. The van der Waals surface area contributed by atoms with Crippen molar-refractivity contribution in [2.24, 2.45) is 0 Å². The lowest BCUT2D eigenvalue weighted by Gasteiger charge is -2.23. The molecule has 0 fully saturated rings. The summed E-state index contributed by atoms with van der Waals surface area (Å²) in [4.78, 5) is 14.2. The van der Waals surface area contributed by atoms with Crippen molar-refractivity contribution < 1.29 is 18.0 Å². The molecule has 0 heterocycles. The number of carbonyl (C=O) groups excluding carboxylic acids is 1. The minimum Gasteiger partial charge on any atom is -0.339 e. The van der Waals surface area contributed by atoms with Crippen LogP contribution in [0.15, 0.2) is 24.3 Å². The molecule has 1 aromatic rings. The summed E-state index contributed by atoms with van der Waals surface area (Å²) in [6.07, 6.45) is 13.1. The highest BCUT2D eigenvalue weighted by Gasteiger charge is 2.35. The van der Waals surface area contributed by atoms with Gasteiger partial charge >= 0.3 is 6.18 Å². The van der Waals surface area contributed by atoms with E-state index in [1.54, 1.807) is 0 Å². The van der Waals surface area contributed by atoms with E-state index in [2.05, 4.69) is 6.92 Å². The number of halogens is 3. The van der Waals surface area contributed by atoms with Gasteiger partial charge in [-0.05, 0) is 25.5 Å². The van der Waals surface area contributed by atoms with Crippen LogP contribution in [0.25, 0.3) is 0 Å². The van der Waals surface area contributed by atoms with Gasteiger partial charge in [-0.1, -0.05) is 103 Å². The van der Waals surface area contributed by atoms with Crippen LogP contribution in [0.3, 0.4) is 0 Å². The van der Waals surface area contributed by atoms with Crippen LogP contribution in [0.2, 0.25) is 0 Å². The summed E-state index contributed by atoms with van der Waals surface area (Å²) in [5.74, 6) is -0.523. The summed E-state index contributed by atoms with van der Waals surface area (Å²) in [5.41, 5.74) is -1.10. The summed E-state index contributed by atoms with van der Waals surface area (Å²) in [7, 11) is 0. The molecule has 0 saturated carbocycles. The quantitative estimate of drug-likeness (QED) is 0.221. The molecule has 0 N–H and O–H groups in total. The van der Waals surface area contributed by atoms with E-state index in [0.29, 0.717) is 13.1 Å². The first kappa shape index (κ1) is 27.5. The summed E-state index contributed by atoms with van der Waals surface area (Å²) in [6.45, 7) is 5.00. The number of nitrogens with zero attached hydrogens (tertiary/aromatic N) is 1. The lowest BCUT2D eigenvalue weighted by molar-refractivity contribution is -0.138. The molecule has 0 radical (unpaired) electrons. The SMILES string of the molecule is CCCCCCCCCCCCCCCCN(CC)C(=O)c1ccccc1C(F)(F)F. The number of carbonyl (C=O) groups is 1. The average Bonchev–Trinajstić information content (AvgIpc) is 2.75. The lowest BCUT2D eigenvalue weighted by Crippen LogP contribution is -2.33. The van der Waals surface area contributed by atoms with Gasteiger partial charge in [-0.15, -0.1) is 0 Å². The first-order valence-electron chi connectivity index (χ1n) is 12.4. The van der Waals surface area contributed by atoms with Crippen molar-refractivity contribution in [3.05, 3.63) is 35.4 Å². The zero-order valence-corrected chi connectivity index (χ0v) is 19.6. The Hall–Kier alpha value is -1.52. The number of unbranched alkanes of at least 4 members (excludes halogenated alkanes) is 13. The van der Waals surface area contributed by atoms with Crippen LogP contribution in [-0.4, -0.2) is 23.9 Å². The molecule has 0 spiro atoms. The maximum Gasteiger partial charge on any atom is 0.417 e. The van der Waals surface area contributed by atoms with Crippen molar-refractivity contribution in [2.45, 2.75) is 110 Å². The molecule has 2 nitrogen and oxygen atoms in total. The van der Waals surface area contributed by atoms with Gasteiger partial charge in [-0.3, -0.25) is 4.79 Å². The third-order valence-electron chi connectivity index (χ3n) is 5.91.